The van der Waals surface area contributed by atoms with Gasteiger partial charge in [0.25, 0.3) is 0 Å². The zero-order chi connectivity index (χ0) is 17.6. The van der Waals surface area contributed by atoms with Crippen LogP contribution in [0.2, 0.25) is 0 Å². The summed E-state index contributed by atoms with van der Waals surface area (Å²) >= 11 is 0. The number of piperidine rings is 1. The van der Waals surface area contributed by atoms with Gasteiger partial charge in [-0.25, -0.2) is 4.39 Å². The summed E-state index contributed by atoms with van der Waals surface area (Å²) in [6.45, 7) is 1.65. The fourth-order valence-electron chi connectivity index (χ4n) is 3.15. The number of para-hydroxylation sites is 2. The summed E-state index contributed by atoms with van der Waals surface area (Å²) in [6.07, 6.45) is 1.79. The first-order chi connectivity index (χ1) is 12.2. The summed E-state index contributed by atoms with van der Waals surface area (Å²) in [5.74, 6) is -0.00299. The molecule has 3 rings (SSSR count). The van der Waals surface area contributed by atoms with Gasteiger partial charge in [-0.3, -0.25) is 9.69 Å². The number of carbonyl (C=O) groups is 1. The fraction of sp³-hybridized carbons (Fsp3) is 0.350. The van der Waals surface area contributed by atoms with E-state index in [1.165, 1.54) is 6.07 Å². The number of amides is 1. The minimum absolute atomic E-state index is 0.117. The van der Waals surface area contributed by atoms with Crippen LogP contribution in [-0.4, -0.2) is 43.6 Å². The first-order valence-corrected chi connectivity index (χ1v) is 8.61. The maximum absolute atomic E-state index is 13.6. The number of rotatable bonds is 6. The van der Waals surface area contributed by atoms with Gasteiger partial charge in [-0.15, -0.1) is 0 Å². The van der Waals surface area contributed by atoms with Crippen LogP contribution in [-0.2, 0) is 4.79 Å². The van der Waals surface area contributed by atoms with E-state index in [1.54, 1.807) is 18.2 Å². The zero-order valence-corrected chi connectivity index (χ0v) is 14.4. The summed E-state index contributed by atoms with van der Waals surface area (Å²) in [5, 5.41) is 0. The van der Waals surface area contributed by atoms with E-state index in [9.17, 15) is 9.18 Å². The van der Waals surface area contributed by atoms with Gasteiger partial charge >= 0.3 is 0 Å². The maximum Gasteiger partial charge on any atom is 0.244 e. The third kappa shape index (κ3) is 4.17. The van der Waals surface area contributed by atoms with Crippen LogP contribution in [0.15, 0.2) is 54.6 Å². The third-order valence-electron chi connectivity index (χ3n) is 4.55. The molecule has 0 aromatic heterocycles. The molecule has 4 nitrogen and oxygen atoms in total. The third-order valence-corrected chi connectivity index (χ3v) is 4.55. The number of carbonyl (C=O) groups excluding carboxylic acids is 1. The SMILES string of the molecule is CN(CCOc1ccccc1F)[C@H]1CCCN(c2ccccc2)C1=O. The Hall–Kier alpha value is -2.40. The van der Waals surface area contributed by atoms with Crippen molar-refractivity contribution >= 4 is 11.6 Å². The van der Waals surface area contributed by atoms with Gasteiger partial charge in [-0.1, -0.05) is 30.3 Å². The number of hydrogen-bond acceptors (Lipinski definition) is 3. The van der Waals surface area contributed by atoms with E-state index in [0.29, 0.717) is 13.2 Å². The highest BCUT2D eigenvalue weighted by molar-refractivity contribution is 5.97. The summed E-state index contributed by atoms with van der Waals surface area (Å²) in [6, 6.07) is 15.9. The lowest BCUT2D eigenvalue weighted by Crippen LogP contribution is -2.52. The molecule has 0 bridgehead atoms. The standard InChI is InChI=1S/C20H23FN2O2/c1-22(14-15-25-19-12-6-5-10-17(19)21)18-11-7-13-23(20(18)24)16-8-3-2-4-9-16/h2-6,8-10,12,18H,7,11,13-15H2,1H3/t18-/m0/s1. The molecule has 0 saturated carbocycles. The second kappa shape index (κ2) is 8.12. The molecule has 1 saturated heterocycles. The van der Waals surface area contributed by atoms with Crippen LogP contribution in [0.3, 0.4) is 0 Å². The highest BCUT2D eigenvalue weighted by Gasteiger charge is 2.32. The second-order valence-corrected chi connectivity index (χ2v) is 6.24. The Morgan fingerprint density at radius 3 is 2.64 bits per heavy atom. The van der Waals surface area contributed by atoms with Crippen LogP contribution in [0.4, 0.5) is 10.1 Å². The first-order valence-electron chi connectivity index (χ1n) is 8.61. The molecule has 1 aliphatic rings. The Bertz CT molecular complexity index is 708. The molecule has 1 aliphatic heterocycles. The Kier molecular flexibility index (Phi) is 5.66. The lowest BCUT2D eigenvalue weighted by atomic mass is 10.0. The Morgan fingerprint density at radius 1 is 1.16 bits per heavy atom. The molecule has 1 fully saturated rings. The molecule has 2 aromatic rings. The quantitative estimate of drug-likeness (QED) is 0.807. The van der Waals surface area contributed by atoms with E-state index >= 15 is 0 Å². The summed E-state index contributed by atoms with van der Waals surface area (Å²) in [7, 11) is 1.92. The number of ether oxygens (including phenoxy) is 1. The Balaban J connectivity index is 1.57. The maximum atomic E-state index is 13.6. The lowest BCUT2D eigenvalue weighted by molar-refractivity contribution is -0.124. The largest absolute Gasteiger partial charge is 0.489 e. The molecule has 0 radical (unpaired) electrons. The van der Waals surface area contributed by atoms with Gasteiger partial charge < -0.3 is 9.64 Å². The van der Waals surface area contributed by atoms with E-state index in [2.05, 4.69) is 0 Å². The average Bonchev–Trinajstić information content (AvgIpc) is 2.64. The van der Waals surface area contributed by atoms with Crippen molar-refractivity contribution in [1.82, 2.24) is 4.90 Å². The van der Waals surface area contributed by atoms with E-state index in [1.807, 2.05) is 47.2 Å². The van der Waals surface area contributed by atoms with Crippen molar-refractivity contribution < 1.29 is 13.9 Å². The predicted octanol–water partition coefficient (Wildman–Crippen LogP) is 3.33. The summed E-state index contributed by atoms with van der Waals surface area (Å²) in [4.78, 5) is 16.7. The van der Waals surface area contributed by atoms with Gasteiger partial charge in [0, 0.05) is 18.8 Å². The van der Waals surface area contributed by atoms with Crippen LogP contribution in [0.1, 0.15) is 12.8 Å². The monoisotopic (exact) mass is 342 g/mol. The molecule has 1 heterocycles. The van der Waals surface area contributed by atoms with E-state index in [4.69, 9.17) is 4.74 Å². The van der Waals surface area contributed by atoms with Gasteiger partial charge in [-0.05, 0) is 44.2 Å². The topological polar surface area (TPSA) is 32.8 Å². The molecule has 132 valence electrons. The summed E-state index contributed by atoms with van der Waals surface area (Å²) < 4.78 is 19.1. The molecule has 1 atom stereocenters. The average molecular weight is 342 g/mol. The number of hydrogen-bond donors (Lipinski definition) is 0. The number of benzene rings is 2. The first kappa shape index (κ1) is 17.4. The molecule has 0 unspecified atom stereocenters. The predicted molar refractivity (Wildman–Crippen MR) is 96.3 cm³/mol. The number of halogens is 1. The van der Waals surface area contributed by atoms with Crippen molar-refractivity contribution in [1.29, 1.82) is 0 Å². The van der Waals surface area contributed by atoms with Gasteiger partial charge in [0.05, 0.1) is 6.04 Å². The zero-order valence-electron chi connectivity index (χ0n) is 14.4. The summed E-state index contributed by atoms with van der Waals surface area (Å²) in [5.41, 5.74) is 0.938. The van der Waals surface area contributed by atoms with Crippen LogP contribution in [0.5, 0.6) is 5.75 Å². The smallest absolute Gasteiger partial charge is 0.244 e. The molecule has 1 amide bonds. The highest BCUT2D eigenvalue weighted by Crippen LogP contribution is 2.23. The van der Waals surface area contributed by atoms with Crippen molar-refractivity contribution in [2.45, 2.75) is 18.9 Å². The molecule has 5 heteroatoms. The van der Waals surface area contributed by atoms with Gasteiger partial charge in [-0.2, -0.15) is 0 Å². The van der Waals surface area contributed by atoms with E-state index in [-0.39, 0.29) is 23.5 Å². The fourth-order valence-corrected chi connectivity index (χ4v) is 3.15. The van der Waals surface area contributed by atoms with E-state index < -0.39 is 0 Å². The molecule has 2 aromatic carbocycles. The van der Waals surface area contributed by atoms with Crippen LogP contribution < -0.4 is 9.64 Å². The number of nitrogens with zero attached hydrogens (tertiary/aromatic N) is 2. The molecule has 0 spiro atoms. The van der Waals surface area contributed by atoms with Crippen molar-refractivity contribution in [2.75, 3.05) is 31.6 Å². The highest BCUT2D eigenvalue weighted by atomic mass is 19.1. The normalized spacial score (nSPS) is 17.8. The minimum Gasteiger partial charge on any atom is -0.489 e. The lowest BCUT2D eigenvalue weighted by Gasteiger charge is -2.36. The molecule has 0 aliphatic carbocycles. The van der Waals surface area contributed by atoms with Gasteiger partial charge in [0.15, 0.2) is 11.6 Å². The van der Waals surface area contributed by atoms with Crippen molar-refractivity contribution in [3.8, 4) is 5.75 Å². The van der Waals surface area contributed by atoms with Crippen molar-refractivity contribution in [2.24, 2.45) is 0 Å². The van der Waals surface area contributed by atoms with Gasteiger partial charge in [0.2, 0.25) is 5.91 Å². The Morgan fingerprint density at radius 2 is 1.88 bits per heavy atom. The second-order valence-electron chi connectivity index (χ2n) is 6.24. The number of anilines is 1. The molecular weight excluding hydrogens is 319 g/mol. The molecule has 25 heavy (non-hydrogen) atoms. The van der Waals surface area contributed by atoms with Crippen molar-refractivity contribution in [3.63, 3.8) is 0 Å². The van der Waals surface area contributed by atoms with Crippen LogP contribution in [0.25, 0.3) is 0 Å². The van der Waals surface area contributed by atoms with Crippen LogP contribution in [0, 0.1) is 5.82 Å². The molecular formula is C20H23FN2O2. The van der Waals surface area contributed by atoms with Crippen molar-refractivity contribution in [3.05, 3.63) is 60.4 Å². The minimum atomic E-state index is -0.367. The van der Waals surface area contributed by atoms with E-state index in [0.717, 1.165) is 25.1 Å². The van der Waals surface area contributed by atoms with Gasteiger partial charge in [0.1, 0.15) is 6.61 Å². The Labute approximate surface area is 147 Å². The molecule has 0 N–H and O–H groups in total. The van der Waals surface area contributed by atoms with Crippen LogP contribution >= 0.6 is 0 Å². The number of likely N-dealkylation sites (N-methyl/N-ethyl adjacent to an activating group) is 1.